The molecule has 1 aromatic carbocycles. The third-order valence-corrected chi connectivity index (χ3v) is 2.83. The van der Waals surface area contributed by atoms with Crippen LogP contribution in [0.25, 0.3) is 11.1 Å². The fraction of sp³-hybridized carbons (Fsp3) is 0.143. The van der Waals surface area contributed by atoms with Crippen LogP contribution in [0.2, 0.25) is 0 Å². The number of nitrogen functional groups attached to an aromatic ring is 2. The van der Waals surface area contributed by atoms with Crippen LogP contribution in [0, 0.1) is 0 Å². The van der Waals surface area contributed by atoms with Crippen molar-refractivity contribution in [1.29, 1.82) is 0 Å². The third-order valence-electron chi connectivity index (χ3n) is 2.83. The number of hydrogen-bond acceptors (Lipinski definition) is 4. The normalized spacial score (nSPS) is 10.3. The summed E-state index contributed by atoms with van der Waals surface area (Å²) in [4.78, 5) is 15.9. The molecule has 0 amide bonds. The van der Waals surface area contributed by atoms with E-state index in [-0.39, 0.29) is 5.78 Å². The first kappa shape index (κ1) is 12.1. The molecular weight excluding hydrogens is 226 g/mol. The quantitative estimate of drug-likeness (QED) is 0.639. The van der Waals surface area contributed by atoms with Crippen molar-refractivity contribution >= 4 is 17.2 Å². The van der Waals surface area contributed by atoms with Crippen LogP contribution in [0.15, 0.2) is 36.7 Å². The molecule has 1 aromatic heterocycles. The van der Waals surface area contributed by atoms with E-state index in [0.29, 0.717) is 23.4 Å². The lowest BCUT2D eigenvalue weighted by molar-refractivity contribution is 0.0989. The van der Waals surface area contributed by atoms with Gasteiger partial charge >= 0.3 is 0 Å². The summed E-state index contributed by atoms with van der Waals surface area (Å²) < 4.78 is 0. The van der Waals surface area contributed by atoms with Crippen LogP contribution >= 0.6 is 0 Å². The molecule has 0 spiro atoms. The second kappa shape index (κ2) is 4.87. The van der Waals surface area contributed by atoms with Gasteiger partial charge in [0.1, 0.15) is 0 Å². The first-order valence-corrected chi connectivity index (χ1v) is 5.76. The number of nitrogens with zero attached hydrogens (tertiary/aromatic N) is 1. The molecule has 4 nitrogen and oxygen atoms in total. The summed E-state index contributed by atoms with van der Waals surface area (Å²) in [6.07, 6.45) is 3.83. The smallest absolute Gasteiger partial charge is 0.164 e. The zero-order valence-corrected chi connectivity index (χ0v) is 10.2. The van der Waals surface area contributed by atoms with Gasteiger partial charge < -0.3 is 11.5 Å². The van der Waals surface area contributed by atoms with Crippen LogP contribution in [0.3, 0.4) is 0 Å². The molecule has 0 aliphatic rings. The lowest BCUT2D eigenvalue weighted by atomic mass is 9.98. The summed E-state index contributed by atoms with van der Waals surface area (Å²) in [5, 5.41) is 0. The summed E-state index contributed by atoms with van der Waals surface area (Å²) in [5.41, 5.74) is 14.7. The van der Waals surface area contributed by atoms with Crippen molar-refractivity contribution in [3.05, 3.63) is 42.2 Å². The van der Waals surface area contributed by atoms with E-state index >= 15 is 0 Å². The van der Waals surface area contributed by atoms with Crippen molar-refractivity contribution in [2.45, 2.75) is 13.3 Å². The van der Waals surface area contributed by atoms with E-state index in [4.69, 9.17) is 11.5 Å². The van der Waals surface area contributed by atoms with E-state index in [1.54, 1.807) is 31.5 Å². The summed E-state index contributed by atoms with van der Waals surface area (Å²) in [6.45, 7) is 1.80. The van der Waals surface area contributed by atoms with E-state index in [1.165, 1.54) is 0 Å². The molecule has 0 bridgehead atoms. The van der Waals surface area contributed by atoms with Gasteiger partial charge in [0.25, 0.3) is 0 Å². The average molecular weight is 241 g/mol. The molecule has 4 N–H and O–H groups in total. The van der Waals surface area contributed by atoms with Crippen LogP contribution in [0.4, 0.5) is 11.4 Å². The first-order valence-electron chi connectivity index (χ1n) is 5.76. The Kier molecular flexibility index (Phi) is 3.28. The number of ketones is 1. The van der Waals surface area contributed by atoms with Crippen LogP contribution in [0.1, 0.15) is 23.7 Å². The first-order chi connectivity index (χ1) is 8.63. The van der Waals surface area contributed by atoms with E-state index in [2.05, 4.69) is 4.98 Å². The monoisotopic (exact) mass is 241 g/mol. The van der Waals surface area contributed by atoms with Gasteiger partial charge in [0.2, 0.25) is 0 Å². The van der Waals surface area contributed by atoms with Gasteiger partial charge in [0, 0.05) is 29.9 Å². The number of rotatable bonds is 3. The lowest BCUT2D eigenvalue weighted by Crippen LogP contribution is -2.06. The fourth-order valence-corrected chi connectivity index (χ4v) is 1.80. The number of carbonyl (C=O) groups is 1. The van der Waals surface area contributed by atoms with Crippen LogP contribution in [-0.4, -0.2) is 10.8 Å². The third kappa shape index (κ3) is 2.18. The number of pyridine rings is 1. The second-order valence-electron chi connectivity index (χ2n) is 4.05. The highest BCUT2D eigenvalue weighted by Gasteiger charge is 2.12. The molecular formula is C14H15N3O. The maximum atomic E-state index is 11.8. The molecule has 1 heterocycles. The Morgan fingerprint density at radius 2 is 2.06 bits per heavy atom. The SMILES string of the molecule is CCC(=O)c1cc(-c2cccnc2)cc(N)c1N. The van der Waals surface area contributed by atoms with Crippen LogP contribution < -0.4 is 11.5 Å². The molecule has 0 aliphatic carbocycles. The van der Waals surface area contributed by atoms with E-state index in [9.17, 15) is 4.79 Å². The van der Waals surface area contributed by atoms with Gasteiger partial charge in [-0.3, -0.25) is 9.78 Å². The Labute approximate surface area is 106 Å². The highest BCUT2D eigenvalue weighted by molar-refractivity contribution is 6.04. The van der Waals surface area contributed by atoms with Gasteiger partial charge in [0.05, 0.1) is 11.4 Å². The van der Waals surface area contributed by atoms with Crippen molar-refractivity contribution in [3.8, 4) is 11.1 Å². The Morgan fingerprint density at radius 1 is 1.28 bits per heavy atom. The molecule has 0 atom stereocenters. The highest BCUT2D eigenvalue weighted by atomic mass is 16.1. The molecule has 2 aromatic rings. The van der Waals surface area contributed by atoms with Gasteiger partial charge in [0.15, 0.2) is 5.78 Å². The molecule has 0 unspecified atom stereocenters. The Hall–Kier alpha value is -2.36. The standard InChI is InChI=1S/C14H15N3O/c1-2-13(18)11-6-10(7-12(15)14(11)16)9-4-3-5-17-8-9/h3-8H,2,15-16H2,1H3. The summed E-state index contributed by atoms with van der Waals surface area (Å²) in [7, 11) is 0. The van der Waals surface area contributed by atoms with Gasteiger partial charge in [-0.15, -0.1) is 0 Å². The fourth-order valence-electron chi connectivity index (χ4n) is 1.80. The molecule has 92 valence electrons. The predicted octanol–water partition coefficient (Wildman–Crippen LogP) is 2.51. The minimum absolute atomic E-state index is 0.00931. The number of carbonyl (C=O) groups excluding carboxylic acids is 1. The topological polar surface area (TPSA) is 82.0 Å². The molecule has 0 saturated carbocycles. The molecule has 0 fully saturated rings. The van der Waals surface area contributed by atoms with Crippen molar-refractivity contribution in [3.63, 3.8) is 0 Å². The second-order valence-corrected chi connectivity index (χ2v) is 4.05. The summed E-state index contributed by atoms with van der Waals surface area (Å²) >= 11 is 0. The number of aromatic nitrogens is 1. The molecule has 2 rings (SSSR count). The summed E-state index contributed by atoms with van der Waals surface area (Å²) in [6, 6.07) is 7.29. The van der Waals surface area contributed by atoms with E-state index in [0.717, 1.165) is 11.1 Å². The summed E-state index contributed by atoms with van der Waals surface area (Å²) in [5.74, 6) is -0.00931. The average Bonchev–Trinajstić information content (AvgIpc) is 2.41. The van der Waals surface area contributed by atoms with Gasteiger partial charge in [-0.1, -0.05) is 13.0 Å². The van der Waals surface area contributed by atoms with Crippen molar-refractivity contribution in [1.82, 2.24) is 4.98 Å². The van der Waals surface area contributed by atoms with Crippen LogP contribution in [-0.2, 0) is 0 Å². The molecule has 18 heavy (non-hydrogen) atoms. The number of nitrogens with two attached hydrogens (primary N) is 2. The minimum atomic E-state index is -0.00931. The largest absolute Gasteiger partial charge is 0.397 e. The van der Waals surface area contributed by atoms with Gasteiger partial charge in [-0.2, -0.15) is 0 Å². The van der Waals surface area contributed by atoms with Gasteiger partial charge in [-0.05, 0) is 23.8 Å². The molecule has 0 saturated heterocycles. The maximum absolute atomic E-state index is 11.8. The number of Topliss-reactive ketones (excluding diaryl/α,β-unsaturated/α-hetero) is 1. The number of benzene rings is 1. The zero-order chi connectivity index (χ0) is 13.1. The Morgan fingerprint density at radius 3 is 2.67 bits per heavy atom. The molecule has 0 radical (unpaired) electrons. The maximum Gasteiger partial charge on any atom is 0.164 e. The van der Waals surface area contributed by atoms with Crippen molar-refractivity contribution in [2.24, 2.45) is 0 Å². The Balaban J connectivity index is 2.58. The molecule has 4 heteroatoms. The van der Waals surface area contributed by atoms with E-state index in [1.807, 2.05) is 12.1 Å². The van der Waals surface area contributed by atoms with Crippen molar-refractivity contribution in [2.75, 3.05) is 11.5 Å². The van der Waals surface area contributed by atoms with E-state index < -0.39 is 0 Å². The van der Waals surface area contributed by atoms with Gasteiger partial charge in [-0.25, -0.2) is 0 Å². The number of anilines is 2. The molecule has 0 aliphatic heterocycles. The lowest BCUT2D eigenvalue weighted by Gasteiger charge is -2.10. The zero-order valence-electron chi connectivity index (χ0n) is 10.2. The highest BCUT2D eigenvalue weighted by Crippen LogP contribution is 2.29. The van der Waals surface area contributed by atoms with Crippen molar-refractivity contribution < 1.29 is 4.79 Å². The predicted molar refractivity (Wildman–Crippen MR) is 73.1 cm³/mol. The minimum Gasteiger partial charge on any atom is -0.397 e. The van der Waals surface area contributed by atoms with Crippen LogP contribution in [0.5, 0.6) is 0 Å². The number of hydrogen-bond donors (Lipinski definition) is 2. The Bertz CT molecular complexity index is 579.